The van der Waals surface area contributed by atoms with Gasteiger partial charge in [0.15, 0.2) is 0 Å². The topological polar surface area (TPSA) is 65.8 Å². The number of carbonyl (C=O) groups excluding carboxylic acids is 1. The van der Waals surface area contributed by atoms with E-state index in [0.29, 0.717) is 12.8 Å². The van der Waals surface area contributed by atoms with Crippen molar-refractivity contribution >= 4 is 11.6 Å². The van der Waals surface area contributed by atoms with Gasteiger partial charge in [-0.05, 0) is 18.2 Å². The number of phenols is 1. The third-order valence-electron chi connectivity index (χ3n) is 3.78. The largest absolute Gasteiger partial charge is 0.508 e. The predicted octanol–water partition coefficient (Wildman–Crippen LogP) is 2.87. The zero-order chi connectivity index (χ0) is 15.5. The van der Waals surface area contributed by atoms with Crippen molar-refractivity contribution in [3.8, 4) is 5.75 Å². The molecule has 1 aliphatic rings. The molecule has 0 saturated carbocycles. The lowest BCUT2D eigenvalue weighted by atomic mass is 9.98. The summed E-state index contributed by atoms with van der Waals surface area (Å²) in [6, 6.07) is 10.6. The van der Waals surface area contributed by atoms with E-state index < -0.39 is 0 Å². The Kier molecular flexibility index (Phi) is 3.87. The van der Waals surface area contributed by atoms with Crippen molar-refractivity contribution in [1.29, 1.82) is 0 Å². The normalized spacial score (nSPS) is 17.4. The summed E-state index contributed by atoms with van der Waals surface area (Å²) in [5.41, 5.74) is 2.50. The first-order valence-electron chi connectivity index (χ1n) is 7.28. The Morgan fingerprint density at radius 2 is 2.00 bits per heavy atom. The number of aromatic nitrogens is 1. The zero-order valence-electron chi connectivity index (χ0n) is 12.3. The molecule has 0 aliphatic carbocycles. The van der Waals surface area contributed by atoms with Crippen LogP contribution in [0.25, 0.3) is 0 Å². The maximum atomic E-state index is 12.2. The van der Waals surface area contributed by atoms with Crippen LogP contribution in [0, 0.1) is 0 Å². The fourth-order valence-corrected chi connectivity index (χ4v) is 2.63. The summed E-state index contributed by atoms with van der Waals surface area (Å²) >= 11 is 0. The summed E-state index contributed by atoms with van der Waals surface area (Å²) in [6.07, 6.45) is 4.36. The van der Waals surface area contributed by atoms with Crippen LogP contribution in [-0.4, -0.2) is 26.7 Å². The Hall–Kier alpha value is -2.69. The molecule has 5 heteroatoms. The quantitative estimate of drug-likeness (QED) is 0.947. The highest BCUT2D eigenvalue weighted by atomic mass is 16.3. The Morgan fingerprint density at radius 3 is 2.68 bits per heavy atom. The summed E-state index contributed by atoms with van der Waals surface area (Å²) in [7, 11) is 0. The van der Waals surface area contributed by atoms with Crippen LogP contribution < -0.4 is 0 Å². The number of carbonyl (C=O) groups is 1. The molecular weight excluding hydrogens is 278 g/mol. The minimum absolute atomic E-state index is 0.0580. The molecule has 0 spiro atoms. The summed E-state index contributed by atoms with van der Waals surface area (Å²) in [4.78, 5) is 16.2. The number of hydrogen-bond acceptors (Lipinski definition) is 4. The number of benzene rings is 1. The molecule has 5 nitrogen and oxygen atoms in total. The molecule has 1 aromatic carbocycles. The Bertz CT molecular complexity index is 713. The fraction of sp³-hybridized carbons (Fsp3) is 0.235. The van der Waals surface area contributed by atoms with E-state index in [9.17, 15) is 9.90 Å². The van der Waals surface area contributed by atoms with E-state index in [4.69, 9.17) is 0 Å². The lowest BCUT2D eigenvalue weighted by Gasteiger charge is -2.22. The molecule has 0 saturated heterocycles. The molecule has 3 rings (SSSR count). The van der Waals surface area contributed by atoms with Crippen LogP contribution in [0.15, 0.2) is 53.9 Å². The van der Waals surface area contributed by atoms with Gasteiger partial charge in [0.05, 0.1) is 11.8 Å². The highest BCUT2D eigenvalue weighted by molar-refractivity contribution is 6.03. The van der Waals surface area contributed by atoms with E-state index in [2.05, 4.69) is 10.1 Å². The van der Waals surface area contributed by atoms with Crippen LogP contribution >= 0.6 is 0 Å². The molecule has 22 heavy (non-hydrogen) atoms. The fourth-order valence-electron chi connectivity index (χ4n) is 2.63. The molecule has 2 heterocycles. The standard InChI is InChI=1S/C17H17N3O2/c1-2-17(22)20-15(13-5-3-4-6-16(13)21)11-14(19-20)12-7-9-18-10-8-12/h3-10,15,21H,2,11H2,1H3. The van der Waals surface area contributed by atoms with Gasteiger partial charge in [-0.3, -0.25) is 9.78 Å². The second-order valence-corrected chi connectivity index (χ2v) is 5.15. The number of rotatable bonds is 3. The van der Waals surface area contributed by atoms with Gasteiger partial charge in [0.25, 0.3) is 0 Å². The lowest BCUT2D eigenvalue weighted by molar-refractivity contribution is -0.132. The first-order chi connectivity index (χ1) is 10.7. The maximum absolute atomic E-state index is 12.2. The first-order valence-corrected chi connectivity index (χ1v) is 7.28. The van der Waals surface area contributed by atoms with E-state index >= 15 is 0 Å². The second kappa shape index (κ2) is 5.97. The average Bonchev–Trinajstić information content (AvgIpc) is 3.00. The third-order valence-corrected chi connectivity index (χ3v) is 3.78. The molecule has 1 aromatic heterocycles. The van der Waals surface area contributed by atoms with Gasteiger partial charge in [-0.1, -0.05) is 25.1 Å². The van der Waals surface area contributed by atoms with Gasteiger partial charge in [0.1, 0.15) is 5.75 Å². The monoisotopic (exact) mass is 295 g/mol. The van der Waals surface area contributed by atoms with Gasteiger partial charge in [-0.15, -0.1) is 0 Å². The Balaban J connectivity index is 1.98. The summed E-state index contributed by atoms with van der Waals surface area (Å²) < 4.78 is 0. The molecular formula is C17H17N3O2. The summed E-state index contributed by atoms with van der Waals surface area (Å²) in [5.74, 6) is 0.130. The van der Waals surface area contributed by atoms with Gasteiger partial charge >= 0.3 is 0 Å². The van der Waals surface area contributed by atoms with Gasteiger partial charge in [0.2, 0.25) is 5.91 Å². The van der Waals surface area contributed by atoms with E-state index in [-0.39, 0.29) is 17.7 Å². The number of phenolic OH excluding ortho intramolecular Hbond substituents is 1. The Morgan fingerprint density at radius 1 is 1.27 bits per heavy atom. The SMILES string of the molecule is CCC(=O)N1N=C(c2ccncc2)CC1c1ccccc1O. The van der Waals surface area contributed by atoms with Crippen molar-refractivity contribution in [3.63, 3.8) is 0 Å². The third kappa shape index (κ3) is 2.57. The molecule has 1 unspecified atom stereocenters. The number of aromatic hydroxyl groups is 1. The molecule has 0 radical (unpaired) electrons. The number of hydrogen-bond donors (Lipinski definition) is 1. The molecule has 0 fully saturated rings. The van der Waals surface area contributed by atoms with Crippen molar-refractivity contribution in [2.45, 2.75) is 25.8 Å². The number of para-hydroxylation sites is 1. The minimum atomic E-state index is -0.267. The smallest absolute Gasteiger partial charge is 0.242 e. The van der Waals surface area contributed by atoms with Gasteiger partial charge in [-0.25, -0.2) is 5.01 Å². The highest BCUT2D eigenvalue weighted by Crippen LogP contribution is 2.37. The van der Waals surface area contributed by atoms with Crippen molar-refractivity contribution < 1.29 is 9.90 Å². The Labute approximate surface area is 128 Å². The molecule has 112 valence electrons. The van der Waals surface area contributed by atoms with Crippen LogP contribution in [0.2, 0.25) is 0 Å². The van der Waals surface area contributed by atoms with Crippen LogP contribution in [-0.2, 0) is 4.79 Å². The number of amides is 1. The van der Waals surface area contributed by atoms with Crippen LogP contribution in [0.3, 0.4) is 0 Å². The molecule has 2 aromatic rings. The summed E-state index contributed by atoms with van der Waals surface area (Å²) in [6.45, 7) is 1.81. The molecule has 1 amide bonds. The molecule has 1 atom stereocenters. The van der Waals surface area contributed by atoms with Crippen LogP contribution in [0.1, 0.15) is 36.9 Å². The highest BCUT2D eigenvalue weighted by Gasteiger charge is 2.33. The van der Waals surface area contributed by atoms with Crippen molar-refractivity contribution in [1.82, 2.24) is 9.99 Å². The molecule has 0 bridgehead atoms. The van der Waals surface area contributed by atoms with E-state index in [0.717, 1.165) is 16.8 Å². The maximum Gasteiger partial charge on any atom is 0.242 e. The number of hydrazone groups is 1. The van der Waals surface area contributed by atoms with Crippen molar-refractivity contribution in [2.75, 3.05) is 0 Å². The van der Waals surface area contributed by atoms with Gasteiger partial charge in [0, 0.05) is 36.4 Å². The van der Waals surface area contributed by atoms with Crippen LogP contribution in [0.5, 0.6) is 5.75 Å². The van der Waals surface area contributed by atoms with Crippen molar-refractivity contribution in [2.24, 2.45) is 5.10 Å². The van der Waals surface area contributed by atoms with Crippen molar-refractivity contribution in [3.05, 3.63) is 59.9 Å². The lowest BCUT2D eigenvalue weighted by Crippen LogP contribution is -2.26. The first kappa shape index (κ1) is 14.3. The van der Waals surface area contributed by atoms with Gasteiger partial charge in [-0.2, -0.15) is 5.10 Å². The van der Waals surface area contributed by atoms with E-state index in [1.54, 1.807) is 24.5 Å². The summed E-state index contributed by atoms with van der Waals surface area (Å²) in [5, 5.41) is 16.1. The predicted molar refractivity (Wildman–Crippen MR) is 83.4 cm³/mol. The second-order valence-electron chi connectivity index (χ2n) is 5.15. The van der Waals surface area contributed by atoms with Gasteiger partial charge < -0.3 is 5.11 Å². The van der Waals surface area contributed by atoms with Crippen LogP contribution in [0.4, 0.5) is 0 Å². The zero-order valence-corrected chi connectivity index (χ0v) is 12.3. The number of pyridine rings is 1. The number of nitrogens with zero attached hydrogens (tertiary/aromatic N) is 3. The average molecular weight is 295 g/mol. The minimum Gasteiger partial charge on any atom is -0.508 e. The molecule has 1 N–H and O–H groups in total. The van der Waals surface area contributed by atoms with E-state index in [1.165, 1.54) is 5.01 Å². The molecule has 1 aliphatic heterocycles. The van der Waals surface area contributed by atoms with E-state index in [1.807, 2.05) is 31.2 Å².